The molecular weight excluding hydrogens is 312 g/mol. The van der Waals surface area contributed by atoms with Gasteiger partial charge >= 0.3 is 0 Å². The molecule has 0 aliphatic rings. The molecule has 1 aromatic carbocycles. The van der Waals surface area contributed by atoms with Crippen LogP contribution in [0.3, 0.4) is 0 Å². The number of hydrogen-bond acceptors (Lipinski definition) is 2. The van der Waals surface area contributed by atoms with Crippen LogP contribution in [0.1, 0.15) is 50.3 Å². The summed E-state index contributed by atoms with van der Waals surface area (Å²) in [5, 5.41) is 12.5. The number of hydrogen-bond donors (Lipinski definition) is 3. The molecule has 0 bridgehead atoms. The van der Waals surface area contributed by atoms with Gasteiger partial charge in [-0.15, -0.1) is 0 Å². The van der Waals surface area contributed by atoms with Crippen LogP contribution in [0.5, 0.6) is 5.75 Å². The van der Waals surface area contributed by atoms with E-state index in [1.807, 2.05) is 0 Å². The minimum Gasteiger partial charge on any atom is -0.490 e. The molecule has 0 aliphatic heterocycles. The minimum absolute atomic E-state index is 0.359. The van der Waals surface area contributed by atoms with E-state index in [2.05, 4.69) is 59.0 Å². The van der Waals surface area contributed by atoms with Crippen molar-refractivity contribution >= 4 is 0 Å². The van der Waals surface area contributed by atoms with Gasteiger partial charge in [0.15, 0.2) is 0 Å². The van der Waals surface area contributed by atoms with Gasteiger partial charge in [-0.05, 0) is 58.2 Å². The van der Waals surface area contributed by atoms with Crippen LogP contribution >= 0.6 is 0 Å². The molecule has 1 aromatic rings. The second-order valence-corrected chi connectivity index (χ2v) is 7.42. The van der Waals surface area contributed by atoms with Crippen LogP contribution in [0.25, 0.3) is 0 Å². The molecule has 0 saturated heterocycles. The molecule has 0 fully saturated rings. The molecule has 0 aromatic heterocycles. The number of nitrogens with one attached hydrogen (secondary N) is 1. The Morgan fingerprint density at radius 2 is 1.76 bits per heavy atom. The van der Waals surface area contributed by atoms with Crippen molar-refractivity contribution in [3.05, 3.63) is 28.8 Å². The van der Waals surface area contributed by atoms with Crippen molar-refractivity contribution in [2.45, 2.75) is 66.5 Å². The third-order valence-corrected chi connectivity index (χ3v) is 5.29. The zero-order valence-electron chi connectivity index (χ0n) is 17.2. The van der Waals surface area contributed by atoms with E-state index in [1.54, 1.807) is 4.90 Å². The second-order valence-electron chi connectivity index (χ2n) is 7.42. The largest absolute Gasteiger partial charge is 0.490 e. The average Bonchev–Trinajstić information content (AvgIpc) is 2.60. The first-order valence-electron chi connectivity index (χ1n) is 9.93. The third-order valence-electron chi connectivity index (χ3n) is 5.29. The summed E-state index contributed by atoms with van der Waals surface area (Å²) < 4.78 is 5.91. The first kappa shape index (κ1) is 21.9. The molecule has 1 rings (SSSR count). The maximum Gasteiger partial charge on any atom is 0.137 e. The number of aryl methyl sites for hydroxylation is 2. The summed E-state index contributed by atoms with van der Waals surface area (Å²) in [7, 11) is 0. The molecule has 0 spiro atoms. The quantitative estimate of drug-likeness (QED) is 0.526. The zero-order chi connectivity index (χ0) is 18.8. The van der Waals surface area contributed by atoms with Crippen molar-refractivity contribution in [1.29, 1.82) is 0 Å². The van der Waals surface area contributed by atoms with Crippen molar-refractivity contribution in [2.75, 3.05) is 32.8 Å². The highest BCUT2D eigenvalue weighted by molar-refractivity contribution is 5.44. The Kier molecular flexibility index (Phi) is 10.1. The van der Waals surface area contributed by atoms with E-state index in [4.69, 9.17) is 4.74 Å². The number of quaternary nitrogens is 2. The fourth-order valence-corrected chi connectivity index (χ4v) is 3.18. The molecule has 4 nitrogen and oxygen atoms in total. The Morgan fingerprint density at radius 3 is 2.40 bits per heavy atom. The van der Waals surface area contributed by atoms with Crippen molar-refractivity contribution in [3.8, 4) is 5.75 Å². The van der Waals surface area contributed by atoms with E-state index in [0.29, 0.717) is 19.2 Å². The van der Waals surface area contributed by atoms with Gasteiger partial charge in [0.1, 0.15) is 25.0 Å². The summed E-state index contributed by atoms with van der Waals surface area (Å²) >= 11 is 0. The van der Waals surface area contributed by atoms with E-state index in [9.17, 15) is 5.11 Å². The van der Waals surface area contributed by atoms with Crippen molar-refractivity contribution in [3.63, 3.8) is 0 Å². The van der Waals surface area contributed by atoms with Gasteiger partial charge in [-0.2, -0.15) is 0 Å². The summed E-state index contributed by atoms with van der Waals surface area (Å²) in [6.45, 7) is 17.7. The lowest BCUT2D eigenvalue weighted by Crippen LogP contribution is -3.11. The predicted molar refractivity (Wildman–Crippen MR) is 105 cm³/mol. The SMILES string of the molecule is CC[NH+](CC)CCC[C@H](C)[NH2+]C[C@H](O)COc1c(C)ccc(C)c1C. The van der Waals surface area contributed by atoms with Crippen molar-refractivity contribution in [1.82, 2.24) is 0 Å². The van der Waals surface area contributed by atoms with Crippen molar-refractivity contribution < 1.29 is 20.1 Å². The average molecular weight is 353 g/mol. The molecule has 25 heavy (non-hydrogen) atoms. The fourth-order valence-electron chi connectivity index (χ4n) is 3.18. The standard InChI is InChI=1S/C21H38N2O2/c1-7-23(8-2)13-9-10-18(5)22-14-20(24)15-25-21-17(4)12-11-16(3)19(21)6/h11-12,18,20,22,24H,7-10,13-15H2,1-6H3/p+2/t18-,20-/m0/s1. The van der Waals surface area contributed by atoms with E-state index >= 15 is 0 Å². The monoisotopic (exact) mass is 352 g/mol. The van der Waals surface area contributed by atoms with Gasteiger partial charge in [-0.1, -0.05) is 12.1 Å². The third kappa shape index (κ3) is 7.76. The molecule has 0 saturated carbocycles. The number of nitrogens with two attached hydrogens (primary N) is 1. The van der Waals surface area contributed by atoms with Crippen LogP contribution in [0, 0.1) is 20.8 Å². The van der Waals surface area contributed by atoms with E-state index in [0.717, 1.165) is 11.3 Å². The molecule has 0 amide bonds. The predicted octanol–water partition coefficient (Wildman–Crippen LogP) is 1.01. The summed E-state index contributed by atoms with van der Waals surface area (Å²) in [6.07, 6.45) is 2.02. The normalized spacial score (nSPS) is 13.9. The number of benzene rings is 1. The maximum absolute atomic E-state index is 10.2. The molecule has 4 N–H and O–H groups in total. The highest BCUT2D eigenvalue weighted by Gasteiger charge is 2.14. The lowest BCUT2D eigenvalue weighted by Gasteiger charge is -2.18. The first-order valence-corrected chi connectivity index (χ1v) is 9.93. The lowest BCUT2D eigenvalue weighted by molar-refractivity contribution is -0.896. The van der Waals surface area contributed by atoms with E-state index in [-0.39, 0.29) is 0 Å². The summed E-state index contributed by atoms with van der Waals surface area (Å²) in [5.74, 6) is 0.925. The first-order chi connectivity index (χ1) is 11.9. The van der Waals surface area contributed by atoms with Gasteiger partial charge in [0.05, 0.1) is 25.7 Å². The molecule has 2 atom stereocenters. The van der Waals surface area contributed by atoms with Crippen LogP contribution in [-0.2, 0) is 0 Å². The molecular formula is C21H40N2O2+2. The summed E-state index contributed by atoms with van der Waals surface area (Å²) in [4.78, 5) is 1.67. The zero-order valence-corrected chi connectivity index (χ0v) is 17.2. The van der Waals surface area contributed by atoms with Gasteiger partial charge in [-0.25, -0.2) is 0 Å². The topological polar surface area (TPSA) is 50.5 Å². The van der Waals surface area contributed by atoms with E-state index in [1.165, 1.54) is 43.6 Å². The maximum atomic E-state index is 10.2. The molecule has 0 radical (unpaired) electrons. The van der Waals surface area contributed by atoms with Crippen LogP contribution in [0.15, 0.2) is 12.1 Å². The highest BCUT2D eigenvalue weighted by Crippen LogP contribution is 2.25. The fraction of sp³-hybridized carbons (Fsp3) is 0.714. The van der Waals surface area contributed by atoms with Gasteiger partial charge in [0.2, 0.25) is 0 Å². The summed E-state index contributed by atoms with van der Waals surface area (Å²) in [6, 6.07) is 4.74. The highest BCUT2D eigenvalue weighted by atomic mass is 16.5. The number of rotatable bonds is 12. The molecule has 0 unspecified atom stereocenters. The number of ether oxygens (including phenoxy) is 1. The van der Waals surface area contributed by atoms with Gasteiger partial charge < -0.3 is 20.1 Å². The Labute approximate surface area is 154 Å². The van der Waals surface area contributed by atoms with Gasteiger partial charge in [0.25, 0.3) is 0 Å². The Hall–Kier alpha value is -1.10. The molecule has 144 valence electrons. The van der Waals surface area contributed by atoms with Crippen LogP contribution in [-0.4, -0.2) is 50.0 Å². The van der Waals surface area contributed by atoms with Crippen LogP contribution in [0.2, 0.25) is 0 Å². The smallest absolute Gasteiger partial charge is 0.137 e. The second kappa shape index (κ2) is 11.5. The Morgan fingerprint density at radius 1 is 1.12 bits per heavy atom. The van der Waals surface area contributed by atoms with Crippen molar-refractivity contribution in [2.24, 2.45) is 0 Å². The van der Waals surface area contributed by atoms with Crippen LogP contribution in [0.4, 0.5) is 0 Å². The lowest BCUT2D eigenvalue weighted by atomic mass is 10.1. The number of aliphatic hydroxyl groups excluding tert-OH is 1. The van der Waals surface area contributed by atoms with Gasteiger partial charge in [-0.3, -0.25) is 0 Å². The number of aliphatic hydroxyl groups is 1. The summed E-state index contributed by atoms with van der Waals surface area (Å²) in [5.41, 5.74) is 3.53. The van der Waals surface area contributed by atoms with Crippen LogP contribution < -0.4 is 15.0 Å². The Bertz CT molecular complexity index is 501. The Balaban J connectivity index is 2.29. The minimum atomic E-state index is -0.435. The van der Waals surface area contributed by atoms with E-state index < -0.39 is 6.10 Å². The van der Waals surface area contributed by atoms with Gasteiger partial charge in [0, 0.05) is 12.8 Å². The molecule has 0 aliphatic carbocycles. The molecule has 0 heterocycles. The molecule has 4 heteroatoms.